The van der Waals surface area contributed by atoms with Crippen LogP contribution < -0.4 is 0 Å². The maximum Gasteiger partial charge on any atom is 0.244 e. The van der Waals surface area contributed by atoms with Crippen molar-refractivity contribution in [3.63, 3.8) is 0 Å². The summed E-state index contributed by atoms with van der Waals surface area (Å²) in [4.78, 5) is 14.2. The van der Waals surface area contributed by atoms with Gasteiger partial charge in [0.15, 0.2) is 0 Å². The summed E-state index contributed by atoms with van der Waals surface area (Å²) in [6.45, 7) is 1.51. The second-order valence-electron chi connectivity index (χ2n) is 6.20. The predicted octanol–water partition coefficient (Wildman–Crippen LogP) is 2.13. The van der Waals surface area contributed by atoms with Crippen molar-refractivity contribution >= 4 is 5.91 Å². The fourth-order valence-corrected chi connectivity index (χ4v) is 3.29. The van der Waals surface area contributed by atoms with Gasteiger partial charge in [0, 0.05) is 32.6 Å². The van der Waals surface area contributed by atoms with Crippen molar-refractivity contribution in [3.8, 4) is 0 Å². The van der Waals surface area contributed by atoms with Gasteiger partial charge in [0.05, 0.1) is 6.10 Å². The van der Waals surface area contributed by atoms with Gasteiger partial charge in [0.25, 0.3) is 0 Å². The molecule has 1 saturated heterocycles. The Hall–Kier alpha value is -2.21. The zero-order valence-electron chi connectivity index (χ0n) is 13.8. The minimum Gasteiger partial charge on any atom is -0.379 e. The Kier molecular flexibility index (Phi) is 5.25. The molecule has 0 unspecified atom stereocenters. The van der Waals surface area contributed by atoms with Crippen LogP contribution in [0.5, 0.6) is 0 Å². The number of rotatable bonds is 5. The lowest BCUT2D eigenvalue weighted by atomic mass is 9.87. The summed E-state index contributed by atoms with van der Waals surface area (Å²) in [7, 11) is 1.67. The van der Waals surface area contributed by atoms with E-state index in [1.807, 2.05) is 11.0 Å². The molecule has 2 heterocycles. The fraction of sp³-hybridized carbons (Fsp3) is 0.444. The highest BCUT2D eigenvalue weighted by Gasteiger charge is 2.31. The van der Waals surface area contributed by atoms with Gasteiger partial charge in [0.2, 0.25) is 5.91 Å². The first-order valence-electron chi connectivity index (χ1n) is 8.18. The number of carbonyl (C=O) groups excluding carboxylic acids is 1. The van der Waals surface area contributed by atoms with Gasteiger partial charge in [-0.05, 0) is 42.5 Å². The minimum absolute atomic E-state index is 0.0383. The number of likely N-dealkylation sites (tertiary alicyclic amines) is 1. The third-order valence-electron chi connectivity index (χ3n) is 4.59. The first-order chi connectivity index (χ1) is 11.7. The van der Waals surface area contributed by atoms with Crippen molar-refractivity contribution < 1.29 is 13.9 Å². The monoisotopic (exact) mass is 331 g/mol. The van der Waals surface area contributed by atoms with E-state index in [2.05, 4.69) is 5.10 Å². The SMILES string of the molecule is CO[C@@H]1CN(C(=O)Cn2cccn2)CC[C@@H]1Cc1cccc(F)c1. The third kappa shape index (κ3) is 4.00. The summed E-state index contributed by atoms with van der Waals surface area (Å²) in [5.41, 5.74) is 0.971. The van der Waals surface area contributed by atoms with Crippen LogP contribution in [0.4, 0.5) is 4.39 Å². The van der Waals surface area contributed by atoms with E-state index >= 15 is 0 Å². The molecule has 3 rings (SSSR count). The van der Waals surface area contributed by atoms with E-state index in [1.54, 1.807) is 42.4 Å². The minimum atomic E-state index is -0.215. The Morgan fingerprint density at radius 3 is 3.00 bits per heavy atom. The van der Waals surface area contributed by atoms with E-state index in [9.17, 15) is 9.18 Å². The molecule has 1 aliphatic heterocycles. The average Bonchev–Trinajstić information content (AvgIpc) is 3.08. The predicted molar refractivity (Wildman–Crippen MR) is 87.8 cm³/mol. The Morgan fingerprint density at radius 1 is 1.42 bits per heavy atom. The number of carbonyl (C=O) groups is 1. The van der Waals surface area contributed by atoms with Crippen molar-refractivity contribution in [1.82, 2.24) is 14.7 Å². The normalized spacial score (nSPS) is 21.0. The maximum absolute atomic E-state index is 13.4. The van der Waals surface area contributed by atoms with Gasteiger partial charge in [-0.2, -0.15) is 5.10 Å². The number of hydrogen-bond donors (Lipinski definition) is 0. The summed E-state index contributed by atoms with van der Waals surface area (Å²) < 4.78 is 20.6. The second-order valence-corrected chi connectivity index (χ2v) is 6.20. The van der Waals surface area contributed by atoms with Gasteiger partial charge < -0.3 is 9.64 Å². The first kappa shape index (κ1) is 16.6. The molecular weight excluding hydrogens is 309 g/mol. The molecule has 24 heavy (non-hydrogen) atoms. The molecule has 1 aromatic carbocycles. The number of amides is 1. The van der Waals surface area contributed by atoms with Crippen LogP contribution in [0.25, 0.3) is 0 Å². The van der Waals surface area contributed by atoms with Gasteiger partial charge in [-0.15, -0.1) is 0 Å². The quantitative estimate of drug-likeness (QED) is 0.843. The topological polar surface area (TPSA) is 47.4 Å². The number of nitrogens with zero attached hydrogens (tertiary/aromatic N) is 3. The summed E-state index contributed by atoms with van der Waals surface area (Å²) in [6, 6.07) is 8.49. The molecule has 0 aliphatic carbocycles. The lowest BCUT2D eigenvalue weighted by molar-refractivity contribution is -0.137. The van der Waals surface area contributed by atoms with Crippen LogP contribution >= 0.6 is 0 Å². The number of hydrogen-bond acceptors (Lipinski definition) is 3. The number of benzene rings is 1. The smallest absolute Gasteiger partial charge is 0.244 e. The van der Waals surface area contributed by atoms with Crippen LogP contribution in [-0.2, 0) is 22.5 Å². The van der Waals surface area contributed by atoms with Crippen molar-refractivity contribution in [2.45, 2.75) is 25.5 Å². The van der Waals surface area contributed by atoms with E-state index in [1.165, 1.54) is 6.07 Å². The Labute approximate surface area is 141 Å². The van der Waals surface area contributed by atoms with Crippen molar-refractivity contribution in [2.75, 3.05) is 20.2 Å². The Morgan fingerprint density at radius 2 is 2.29 bits per heavy atom. The molecule has 2 aromatic rings. The highest BCUT2D eigenvalue weighted by molar-refractivity contribution is 5.76. The fourth-order valence-electron chi connectivity index (χ4n) is 3.29. The zero-order valence-corrected chi connectivity index (χ0v) is 13.8. The van der Waals surface area contributed by atoms with Crippen LogP contribution in [0.1, 0.15) is 12.0 Å². The molecule has 1 amide bonds. The standard InChI is InChI=1S/C18H22FN3O2/c1-24-17-12-21(18(23)13-22-8-3-7-20-22)9-6-15(17)10-14-4-2-5-16(19)11-14/h2-5,7-8,11,15,17H,6,9-10,12-13H2,1H3/t15-,17-/m1/s1. The molecule has 0 N–H and O–H groups in total. The van der Waals surface area contributed by atoms with E-state index in [0.29, 0.717) is 13.1 Å². The molecule has 1 aliphatic rings. The maximum atomic E-state index is 13.4. The number of piperidine rings is 1. The van der Waals surface area contributed by atoms with Crippen LogP contribution in [-0.4, -0.2) is 46.9 Å². The van der Waals surface area contributed by atoms with E-state index in [-0.39, 0.29) is 30.3 Å². The van der Waals surface area contributed by atoms with Crippen molar-refractivity contribution in [1.29, 1.82) is 0 Å². The summed E-state index contributed by atoms with van der Waals surface area (Å²) in [6.07, 6.45) is 5.01. The molecule has 6 heteroatoms. The third-order valence-corrected chi connectivity index (χ3v) is 4.59. The number of aromatic nitrogens is 2. The van der Waals surface area contributed by atoms with Crippen LogP contribution in [0, 0.1) is 11.7 Å². The van der Waals surface area contributed by atoms with Gasteiger partial charge in [0.1, 0.15) is 12.4 Å². The van der Waals surface area contributed by atoms with Gasteiger partial charge >= 0.3 is 0 Å². The van der Waals surface area contributed by atoms with Crippen LogP contribution in [0.2, 0.25) is 0 Å². The Balaban J connectivity index is 1.60. The average molecular weight is 331 g/mol. The molecule has 5 nitrogen and oxygen atoms in total. The molecule has 0 bridgehead atoms. The summed E-state index contributed by atoms with van der Waals surface area (Å²) in [5, 5.41) is 4.07. The molecule has 1 aromatic heterocycles. The number of methoxy groups -OCH3 is 1. The lowest BCUT2D eigenvalue weighted by Crippen LogP contribution is -2.48. The highest BCUT2D eigenvalue weighted by Crippen LogP contribution is 2.24. The number of ether oxygens (including phenoxy) is 1. The summed E-state index contributed by atoms with van der Waals surface area (Å²) >= 11 is 0. The summed E-state index contributed by atoms with van der Waals surface area (Å²) in [5.74, 6) is 0.115. The molecule has 0 radical (unpaired) electrons. The van der Waals surface area contributed by atoms with E-state index in [4.69, 9.17) is 4.74 Å². The first-order valence-corrected chi connectivity index (χ1v) is 8.18. The van der Waals surface area contributed by atoms with Gasteiger partial charge in [-0.3, -0.25) is 9.48 Å². The highest BCUT2D eigenvalue weighted by atomic mass is 19.1. The molecular formula is C18H22FN3O2. The molecule has 1 fully saturated rings. The van der Waals surface area contributed by atoms with Crippen LogP contribution in [0.15, 0.2) is 42.7 Å². The molecule has 0 saturated carbocycles. The molecule has 128 valence electrons. The van der Waals surface area contributed by atoms with Crippen LogP contribution in [0.3, 0.4) is 0 Å². The Bertz CT molecular complexity index is 675. The van der Waals surface area contributed by atoms with Crippen molar-refractivity contribution in [2.24, 2.45) is 5.92 Å². The van der Waals surface area contributed by atoms with E-state index in [0.717, 1.165) is 18.4 Å². The lowest BCUT2D eigenvalue weighted by Gasteiger charge is -2.38. The molecule has 0 spiro atoms. The van der Waals surface area contributed by atoms with Gasteiger partial charge in [-0.1, -0.05) is 12.1 Å². The second kappa shape index (κ2) is 7.57. The van der Waals surface area contributed by atoms with Gasteiger partial charge in [-0.25, -0.2) is 4.39 Å². The van der Waals surface area contributed by atoms with Crippen molar-refractivity contribution in [3.05, 3.63) is 54.1 Å². The molecule has 2 atom stereocenters. The zero-order chi connectivity index (χ0) is 16.9. The van der Waals surface area contributed by atoms with E-state index < -0.39 is 0 Å². The number of halogens is 1. The largest absolute Gasteiger partial charge is 0.379 e.